The van der Waals surface area contributed by atoms with Crippen LogP contribution in [0, 0.1) is 0 Å². The van der Waals surface area contributed by atoms with Gasteiger partial charge < -0.3 is 29.7 Å². The molecule has 0 aromatic heterocycles. The number of nitrogens with zero attached hydrogens (tertiary/aromatic N) is 2. The van der Waals surface area contributed by atoms with Crippen molar-refractivity contribution in [3.8, 4) is 0 Å². The first-order chi connectivity index (χ1) is 11.4. The molecule has 8 nitrogen and oxygen atoms in total. The Balaban J connectivity index is 0.000000248. The number of allylic oxidation sites excluding steroid dienone is 2. The second-order valence-corrected chi connectivity index (χ2v) is 6.77. The van der Waals surface area contributed by atoms with Crippen LogP contribution in [-0.2, 0) is 136 Å². The summed E-state index contributed by atoms with van der Waals surface area (Å²) in [7, 11) is 0. The molecule has 6 rings (SSSR count). The van der Waals surface area contributed by atoms with Gasteiger partial charge in [0.1, 0.15) is 12.2 Å². The van der Waals surface area contributed by atoms with Crippen molar-refractivity contribution in [3.05, 3.63) is 34.9 Å². The van der Waals surface area contributed by atoms with Gasteiger partial charge in [0.25, 0.3) is 0 Å². The molecule has 2 amide bonds. The summed E-state index contributed by atoms with van der Waals surface area (Å²) in [6.45, 7) is 0. The van der Waals surface area contributed by atoms with Gasteiger partial charge in [-0.1, -0.05) is 17.7 Å². The van der Waals surface area contributed by atoms with Crippen LogP contribution in [0.5, 0.6) is 0 Å². The van der Waals surface area contributed by atoms with Gasteiger partial charge in [-0.25, -0.2) is 0 Å². The quantitative estimate of drug-likeness (QED) is 0.247. The molecule has 0 aromatic rings. The number of rotatable bonds is 0. The van der Waals surface area contributed by atoms with Gasteiger partial charge in [0.2, 0.25) is 0 Å². The summed E-state index contributed by atoms with van der Waals surface area (Å²) in [4.78, 5) is 43.4. The first-order valence-electron chi connectivity index (χ1n) is 7.71. The Bertz CT molecular complexity index is 733. The summed E-state index contributed by atoms with van der Waals surface area (Å²) in [6, 6.07) is 0. The van der Waals surface area contributed by atoms with E-state index < -0.39 is 11.1 Å². The van der Waals surface area contributed by atoms with E-state index in [0.717, 1.165) is 0 Å². The maximum Gasteiger partial charge on any atom is 0.195 e. The molecule has 12 heteroatoms. The fraction of sp³-hybridized carbons (Fsp3) is 0.500. The minimum absolute atomic E-state index is 0. The van der Waals surface area contributed by atoms with E-state index in [1.165, 1.54) is 12.2 Å². The van der Waals surface area contributed by atoms with Gasteiger partial charge in [-0.15, -0.1) is 0 Å². The maximum absolute atomic E-state index is 11.3. The van der Waals surface area contributed by atoms with E-state index in [0.29, 0.717) is 12.8 Å². The molecular formula is C16H12N2O6W2Y2-2. The van der Waals surface area contributed by atoms with Crippen LogP contribution in [0.2, 0.25) is 0 Å². The Morgan fingerprint density at radius 1 is 0.821 bits per heavy atom. The predicted octanol–water partition coefficient (Wildman–Crippen LogP) is -0.139. The van der Waals surface area contributed by atoms with Crippen molar-refractivity contribution in [2.45, 2.75) is 48.3 Å². The second-order valence-electron chi connectivity index (χ2n) is 6.77. The number of ketones is 2. The molecule has 6 aliphatic rings. The number of hydrogen-bond acceptors (Lipinski definition) is 6. The molecular weight excluding hydrogens is 862 g/mol. The Hall–Kier alpha value is 1.26. The Morgan fingerprint density at radius 3 is 1.64 bits per heavy atom. The third-order valence-electron chi connectivity index (χ3n) is 5.14. The van der Waals surface area contributed by atoms with E-state index in [9.17, 15) is 19.2 Å². The van der Waals surface area contributed by atoms with E-state index in [1.54, 1.807) is 12.2 Å². The fourth-order valence-electron chi connectivity index (χ4n) is 3.75. The zero-order chi connectivity index (χ0) is 16.7. The van der Waals surface area contributed by atoms with Crippen LogP contribution in [-0.4, -0.2) is 58.9 Å². The number of carbonyl (C=O) groups is 4. The SMILES string of the molecule is O=C1C=CC2(C=C1)CC(=O)[N-]2.O=C1CC2([N-]1)[C@@H]1O[C@@H]1C(=O)[C@@H]1O[C@@H]12.[W].[W].[Y].[Y]. The number of β-lactam (4-membered cyclic amide) rings is 2. The normalized spacial score (nSPS) is 38.0. The van der Waals surface area contributed by atoms with Crippen LogP contribution in [0.25, 0.3) is 10.6 Å². The first-order valence-corrected chi connectivity index (χ1v) is 7.71. The summed E-state index contributed by atoms with van der Waals surface area (Å²) < 4.78 is 10.4. The predicted molar refractivity (Wildman–Crippen MR) is 77.0 cm³/mol. The molecule has 0 N–H and O–H groups in total. The molecule has 28 heavy (non-hydrogen) atoms. The van der Waals surface area contributed by atoms with Crippen LogP contribution in [0.1, 0.15) is 12.8 Å². The molecule has 2 spiro atoms. The van der Waals surface area contributed by atoms with Gasteiger partial charge in [0.05, 0.1) is 24.0 Å². The van der Waals surface area contributed by atoms with Crippen LogP contribution in [0.15, 0.2) is 24.3 Å². The van der Waals surface area contributed by atoms with E-state index in [2.05, 4.69) is 10.6 Å². The summed E-state index contributed by atoms with van der Waals surface area (Å²) >= 11 is 0. The largest absolute Gasteiger partial charge is 0.644 e. The summed E-state index contributed by atoms with van der Waals surface area (Å²) in [6.07, 6.45) is 6.07. The Morgan fingerprint density at radius 2 is 1.25 bits per heavy atom. The summed E-state index contributed by atoms with van der Waals surface area (Å²) in [5.74, 6) is -0.188. The monoisotopic (exact) mass is 874 g/mol. The molecule has 142 valence electrons. The Kier molecular flexibility index (Phi) is 9.17. The van der Waals surface area contributed by atoms with Gasteiger partial charge in [0, 0.05) is 108 Å². The van der Waals surface area contributed by atoms with Crippen molar-refractivity contribution < 1.29 is 136 Å². The molecule has 2 aliphatic carbocycles. The van der Waals surface area contributed by atoms with Crippen LogP contribution in [0.4, 0.5) is 0 Å². The van der Waals surface area contributed by atoms with Gasteiger partial charge in [-0.05, 0) is 30.5 Å². The minimum atomic E-state index is -0.472. The van der Waals surface area contributed by atoms with Crippen molar-refractivity contribution in [2.24, 2.45) is 0 Å². The molecule has 5 fully saturated rings. The third-order valence-corrected chi connectivity index (χ3v) is 5.14. The average molecular weight is 874 g/mol. The van der Waals surface area contributed by atoms with E-state index in [-0.39, 0.29) is 155 Å². The number of epoxide rings is 2. The third kappa shape index (κ3) is 4.42. The van der Waals surface area contributed by atoms with Crippen molar-refractivity contribution in [2.75, 3.05) is 0 Å². The van der Waals surface area contributed by atoms with Crippen molar-refractivity contribution >= 4 is 23.4 Å². The number of hydrogen-bond donors (Lipinski definition) is 0. The average Bonchev–Trinajstić information content (AvgIpc) is 3.37. The van der Waals surface area contributed by atoms with Gasteiger partial charge >= 0.3 is 0 Å². The molecule has 1 unspecified atom stereocenters. The van der Waals surface area contributed by atoms with Gasteiger partial charge in [-0.2, -0.15) is 0 Å². The van der Waals surface area contributed by atoms with Crippen LogP contribution >= 0.6 is 0 Å². The standard InChI is InChI=1S/C8H7NO4.C8H7NO2.2W.2Y/c10-2-1-8(9-2)6-4(12-6)3(11)5-7(8)13-5;10-6-1-3-8(4-2-6)5-7(11)9-8;;;;/h4-7H,1H2,(H,9,10);1-4H,5H2,(H,9,11);;;;/p-2/t4-,5+,6-,7+,8?;;;;;. The Labute approximate surface area is 239 Å². The number of amides is 2. The molecule has 0 aromatic carbocycles. The number of fused-ring (bicyclic) bond motifs is 4. The van der Waals surface area contributed by atoms with Crippen molar-refractivity contribution in [1.29, 1.82) is 0 Å². The molecule has 5 atom stereocenters. The molecule has 4 saturated heterocycles. The van der Waals surface area contributed by atoms with Crippen LogP contribution < -0.4 is 0 Å². The summed E-state index contributed by atoms with van der Waals surface area (Å²) in [5, 5.41) is 7.73. The van der Waals surface area contributed by atoms with Crippen LogP contribution in [0.3, 0.4) is 0 Å². The molecule has 2 radical (unpaired) electrons. The van der Waals surface area contributed by atoms with E-state index in [4.69, 9.17) is 9.47 Å². The zero-order valence-electron chi connectivity index (χ0n) is 14.3. The van der Waals surface area contributed by atoms with Crippen molar-refractivity contribution in [1.82, 2.24) is 0 Å². The van der Waals surface area contributed by atoms with Gasteiger partial charge in [-0.3, -0.25) is 9.59 Å². The smallest absolute Gasteiger partial charge is 0.195 e. The molecule has 1 saturated carbocycles. The first kappa shape index (κ1) is 27.3. The number of Topliss-reactive ketones (excluding diaryl/α,β-unsaturated/α-hetero) is 1. The van der Waals surface area contributed by atoms with Gasteiger partial charge in [0.15, 0.2) is 11.6 Å². The van der Waals surface area contributed by atoms with Crippen molar-refractivity contribution in [3.63, 3.8) is 0 Å². The minimum Gasteiger partial charge on any atom is -0.644 e. The number of ether oxygens (including phenoxy) is 2. The molecule has 4 heterocycles. The zero-order valence-corrected chi connectivity index (χ0v) is 25.9. The molecule has 4 aliphatic heterocycles. The second kappa shape index (κ2) is 9.41. The fourth-order valence-corrected chi connectivity index (χ4v) is 3.75. The topological polar surface area (TPSA) is 122 Å². The number of carbonyl (C=O) groups excluding carboxylic acids is 4. The van der Waals surface area contributed by atoms with E-state index >= 15 is 0 Å². The van der Waals surface area contributed by atoms with E-state index in [1.807, 2.05) is 0 Å². The molecule has 0 bridgehead atoms. The maximum atomic E-state index is 11.3. The summed E-state index contributed by atoms with van der Waals surface area (Å²) in [5.41, 5.74) is -0.925.